The number of nitrogens with one attached hydrogen (secondary N) is 8. The Labute approximate surface area is 333 Å². The number of carboxylic acid groups (broad SMARTS) is 3. The summed E-state index contributed by atoms with van der Waals surface area (Å²) < 4.78 is 0. The fourth-order valence-electron chi connectivity index (χ4n) is 4.30. The first-order chi connectivity index (χ1) is 27.2. The van der Waals surface area contributed by atoms with Crippen LogP contribution < -0.4 is 54.0 Å². The van der Waals surface area contributed by atoms with E-state index in [1.54, 1.807) is 0 Å². The summed E-state index contributed by atoms with van der Waals surface area (Å²) in [4.78, 5) is 146. The second kappa shape index (κ2) is 27.5. The van der Waals surface area contributed by atoms with Crippen molar-refractivity contribution in [1.82, 2.24) is 42.5 Å². The molecule has 0 radical (unpaired) electrons. The van der Waals surface area contributed by atoms with Crippen molar-refractivity contribution in [3.63, 3.8) is 0 Å². The Balaban J connectivity index is 6.12. The third kappa shape index (κ3) is 21.2. The monoisotopic (exact) mass is 852 g/mol. The van der Waals surface area contributed by atoms with Gasteiger partial charge in [0, 0.05) is 25.0 Å². The first kappa shape index (κ1) is 51.9. The fourth-order valence-corrected chi connectivity index (χ4v) is 4.58. The largest absolute Gasteiger partial charge is 0.481 e. The van der Waals surface area contributed by atoms with E-state index in [9.17, 15) is 78.0 Å². The molecule has 0 aromatic carbocycles. The molecule has 0 aliphatic rings. The third-order valence-electron chi connectivity index (χ3n) is 7.41. The topological polar surface area (TPSA) is 454 Å². The number of aliphatic hydroxyl groups excluding tert-OH is 2. The highest BCUT2D eigenvalue weighted by molar-refractivity contribution is 7.80. The standard InChI is InChI=1S/C30H48N10O17S/c31-7-19(43)33-8-20(44)34-9-21(45)35-13(1-4-22(46)47)26(53)36-14(2-5-23(48)49)27(54)37-15(3-6-24(50)51)28(55)38-16(10-41)29(56)39-17(11-42)30(57)40-18(12-58)25(32)52/h13-18,41-42,58H,1-12,31H2,(H2,32,52)(H,33,43)(H,34,44)(H,35,45)(H,36,53)(H,37,54)(H,38,55)(H,39,56)(H,40,57)(H,46,47)(H,48,49)(H,50,51)/t13-,14-,15-,16-,17-,18-/m0/s1. The maximum atomic E-state index is 13.4. The van der Waals surface area contributed by atoms with Crippen LogP contribution in [0.3, 0.4) is 0 Å². The molecule has 27 nitrogen and oxygen atoms in total. The van der Waals surface area contributed by atoms with Gasteiger partial charge in [-0.1, -0.05) is 0 Å². The molecule has 17 N–H and O–H groups in total. The average Bonchev–Trinajstić information content (AvgIpc) is 3.16. The van der Waals surface area contributed by atoms with Gasteiger partial charge in [0.15, 0.2) is 0 Å². The molecule has 0 rings (SSSR count). The molecule has 0 heterocycles. The van der Waals surface area contributed by atoms with Crippen LogP contribution in [-0.2, 0) is 57.5 Å². The Morgan fingerprint density at radius 2 is 0.776 bits per heavy atom. The highest BCUT2D eigenvalue weighted by Gasteiger charge is 2.33. The zero-order valence-electron chi connectivity index (χ0n) is 30.7. The number of aliphatic carboxylic acids is 3. The van der Waals surface area contributed by atoms with Crippen LogP contribution in [0, 0.1) is 0 Å². The minimum atomic E-state index is -1.91. The number of carbonyl (C=O) groups is 12. The summed E-state index contributed by atoms with van der Waals surface area (Å²) in [6.07, 6.45) is -4.26. The van der Waals surface area contributed by atoms with Crippen molar-refractivity contribution in [2.75, 3.05) is 38.6 Å². The summed E-state index contributed by atoms with van der Waals surface area (Å²) >= 11 is 3.85. The van der Waals surface area contributed by atoms with Crippen LogP contribution in [-0.4, -0.2) is 171 Å². The van der Waals surface area contributed by atoms with Gasteiger partial charge in [0.05, 0.1) is 32.8 Å². The summed E-state index contributed by atoms with van der Waals surface area (Å²) in [6, 6.07) is -10.4. The van der Waals surface area contributed by atoms with Gasteiger partial charge in [-0.3, -0.25) is 57.5 Å². The molecule has 0 saturated heterocycles. The number of aliphatic hydroxyl groups is 2. The lowest BCUT2D eigenvalue weighted by atomic mass is 10.1. The van der Waals surface area contributed by atoms with Gasteiger partial charge in [-0.15, -0.1) is 0 Å². The Kier molecular flexibility index (Phi) is 24.6. The molecule has 0 aromatic rings. The van der Waals surface area contributed by atoms with Gasteiger partial charge in [-0.2, -0.15) is 12.6 Å². The fraction of sp³-hybridized carbons (Fsp3) is 0.600. The van der Waals surface area contributed by atoms with E-state index in [0.29, 0.717) is 0 Å². The van der Waals surface area contributed by atoms with E-state index in [2.05, 4.69) is 44.5 Å². The number of amides is 9. The lowest BCUT2D eigenvalue weighted by Crippen LogP contribution is -2.61. The third-order valence-corrected chi connectivity index (χ3v) is 7.77. The number of primary amides is 1. The van der Waals surface area contributed by atoms with E-state index in [4.69, 9.17) is 16.6 Å². The van der Waals surface area contributed by atoms with Crippen molar-refractivity contribution < 1.29 is 83.1 Å². The van der Waals surface area contributed by atoms with E-state index >= 15 is 0 Å². The smallest absolute Gasteiger partial charge is 0.303 e. The number of rotatable bonds is 29. The summed E-state index contributed by atoms with van der Waals surface area (Å²) in [5.74, 6) is -14.4. The van der Waals surface area contributed by atoms with E-state index in [1.807, 2.05) is 10.6 Å². The Hall–Kier alpha value is -6.13. The van der Waals surface area contributed by atoms with Crippen molar-refractivity contribution >= 4 is 83.7 Å². The molecule has 28 heteroatoms. The second-order valence-electron chi connectivity index (χ2n) is 11.9. The molecule has 0 fully saturated rings. The molecule has 0 saturated carbocycles. The maximum Gasteiger partial charge on any atom is 0.303 e. The number of thiol groups is 1. The number of hydrogen-bond donors (Lipinski definition) is 16. The van der Waals surface area contributed by atoms with Crippen molar-refractivity contribution in [2.45, 2.75) is 74.8 Å². The van der Waals surface area contributed by atoms with Gasteiger partial charge >= 0.3 is 17.9 Å². The molecule has 6 atom stereocenters. The number of hydrogen-bond acceptors (Lipinski definition) is 16. The Morgan fingerprint density at radius 3 is 1.10 bits per heavy atom. The van der Waals surface area contributed by atoms with Crippen molar-refractivity contribution in [2.24, 2.45) is 11.5 Å². The van der Waals surface area contributed by atoms with Gasteiger partial charge in [0.1, 0.15) is 36.3 Å². The van der Waals surface area contributed by atoms with Crippen molar-refractivity contribution in [3.05, 3.63) is 0 Å². The molecule has 58 heavy (non-hydrogen) atoms. The molecule has 0 bridgehead atoms. The Bertz CT molecular complexity index is 1530. The van der Waals surface area contributed by atoms with E-state index in [0.717, 1.165) is 0 Å². The Morgan fingerprint density at radius 1 is 0.466 bits per heavy atom. The minimum Gasteiger partial charge on any atom is -0.481 e. The predicted molar refractivity (Wildman–Crippen MR) is 194 cm³/mol. The molecule has 326 valence electrons. The zero-order chi connectivity index (χ0) is 44.5. The second-order valence-corrected chi connectivity index (χ2v) is 12.3. The quantitative estimate of drug-likeness (QED) is 0.0311. The number of nitrogens with two attached hydrogens (primary N) is 2. The van der Waals surface area contributed by atoms with Gasteiger partial charge in [-0.05, 0) is 19.3 Å². The highest BCUT2D eigenvalue weighted by Crippen LogP contribution is 2.06. The molecular weight excluding hydrogens is 804 g/mol. The maximum absolute atomic E-state index is 13.4. The van der Waals surface area contributed by atoms with Crippen molar-refractivity contribution in [3.8, 4) is 0 Å². The first-order valence-electron chi connectivity index (χ1n) is 17.0. The average molecular weight is 853 g/mol. The summed E-state index contributed by atoms with van der Waals surface area (Å²) in [6.45, 7) is -3.97. The van der Waals surface area contributed by atoms with E-state index in [-0.39, 0.29) is 5.75 Å². The molecule has 9 amide bonds. The van der Waals surface area contributed by atoms with Crippen LogP contribution in [0.4, 0.5) is 0 Å². The van der Waals surface area contributed by atoms with Gasteiger partial charge in [-0.25, -0.2) is 0 Å². The molecular formula is C30H48N10O17S. The zero-order valence-corrected chi connectivity index (χ0v) is 31.6. The van der Waals surface area contributed by atoms with Crippen molar-refractivity contribution in [1.29, 1.82) is 0 Å². The van der Waals surface area contributed by atoms with Crippen LogP contribution >= 0.6 is 12.6 Å². The number of carboxylic acids is 3. The van der Waals surface area contributed by atoms with Crippen LogP contribution in [0.2, 0.25) is 0 Å². The minimum absolute atomic E-state index is 0.254. The first-order valence-corrected chi connectivity index (χ1v) is 17.6. The van der Waals surface area contributed by atoms with Gasteiger partial charge in [0.25, 0.3) is 0 Å². The summed E-state index contributed by atoms with van der Waals surface area (Å²) in [7, 11) is 0. The predicted octanol–water partition coefficient (Wildman–Crippen LogP) is -8.92. The van der Waals surface area contributed by atoms with Crippen LogP contribution in [0.25, 0.3) is 0 Å². The molecule has 0 spiro atoms. The number of carbonyl (C=O) groups excluding carboxylic acids is 9. The van der Waals surface area contributed by atoms with Crippen LogP contribution in [0.5, 0.6) is 0 Å². The molecule has 0 aliphatic heterocycles. The summed E-state index contributed by atoms with van der Waals surface area (Å²) in [5.41, 5.74) is 10.2. The van der Waals surface area contributed by atoms with Gasteiger partial charge in [0.2, 0.25) is 53.2 Å². The molecule has 0 aromatic heterocycles. The lowest BCUT2D eigenvalue weighted by molar-refractivity contribution is -0.140. The SMILES string of the molecule is NCC(=O)NCC(=O)NCC(=O)N[C@@H](CCC(=O)O)C(=O)N[C@@H](CCC(=O)O)C(=O)N[C@@H](CCC(=O)O)C(=O)N[C@@H](CO)C(=O)N[C@@H](CO)C(=O)N[C@@H](CS)C(N)=O. The van der Waals surface area contributed by atoms with Crippen LogP contribution in [0.15, 0.2) is 0 Å². The van der Waals surface area contributed by atoms with E-state index < -0.39 is 179 Å². The highest BCUT2D eigenvalue weighted by atomic mass is 32.1. The lowest BCUT2D eigenvalue weighted by Gasteiger charge is -2.26. The molecule has 0 aliphatic carbocycles. The van der Waals surface area contributed by atoms with Crippen LogP contribution in [0.1, 0.15) is 38.5 Å². The molecule has 0 unspecified atom stereocenters. The normalized spacial score (nSPS) is 13.7. The van der Waals surface area contributed by atoms with Gasteiger partial charge < -0.3 is 79.5 Å². The van der Waals surface area contributed by atoms with E-state index in [1.165, 1.54) is 0 Å². The summed E-state index contributed by atoms with van der Waals surface area (Å²) in [5, 5.41) is 63.8.